The highest BCUT2D eigenvalue weighted by molar-refractivity contribution is 5.82. The molecule has 0 spiro atoms. The molecule has 0 aliphatic heterocycles. The van der Waals surface area contributed by atoms with E-state index in [0.717, 1.165) is 19.3 Å². The minimum absolute atomic E-state index is 1.14. The van der Waals surface area contributed by atoms with Crippen LogP contribution in [0, 0.1) is 0 Å². The maximum Gasteiger partial charge on any atom is -0.0163 e. The molecule has 0 aromatic heterocycles. The first-order valence-electron chi connectivity index (χ1n) is 14.3. The van der Waals surface area contributed by atoms with Crippen LogP contribution >= 0.6 is 0 Å². The van der Waals surface area contributed by atoms with Crippen LogP contribution in [0.4, 0.5) is 0 Å². The van der Waals surface area contributed by atoms with E-state index in [0.29, 0.717) is 0 Å². The van der Waals surface area contributed by atoms with Gasteiger partial charge in [-0.25, -0.2) is 0 Å². The van der Waals surface area contributed by atoms with Crippen molar-refractivity contribution in [3.8, 4) is 0 Å². The van der Waals surface area contributed by atoms with Crippen LogP contribution in [-0.4, -0.2) is 0 Å². The zero-order chi connectivity index (χ0) is 28.5. The molecule has 5 aromatic carbocycles. The van der Waals surface area contributed by atoms with E-state index in [9.17, 15) is 0 Å². The Morgan fingerprint density at radius 2 is 0.390 bits per heavy atom. The molecular weight excluding hydrogens is 492 g/mol. The lowest BCUT2D eigenvalue weighted by atomic mass is 10.1. The van der Waals surface area contributed by atoms with Crippen molar-refractivity contribution in [3.63, 3.8) is 0 Å². The SMILES string of the molecule is C1=CCC=C1.C1=CCC=C1.C1=CCC=C1.c1ccc2ccccc2c1.c1ccc2ccccc2c1.c1ccccc1. The monoisotopic (exact) mass is 532 g/mol. The quantitative estimate of drug-likeness (QED) is 0.186. The molecule has 8 rings (SSSR count). The summed E-state index contributed by atoms with van der Waals surface area (Å²) >= 11 is 0. The van der Waals surface area contributed by atoms with E-state index in [-0.39, 0.29) is 0 Å². The molecule has 0 saturated carbocycles. The maximum atomic E-state index is 2.12. The lowest BCUT2D eigenvalue weighted by molar-refractivity contribution is 1.45. The molecule has 0 N–H and O–H groups in total. The molecule has 0 heterocycles. The van der Waals surface area contributed by atoms with Crippen molar-refractivity contribution < 1.29 is 0 Å². The van der Waals surface area contributed by atoms with Crippen molar-refractivity contribution in [1.82, 2.24) is 0 Å². The minimum atomic E-state index is 1.14. The highest BCUT2D eigenvalue weighted by Gasteiger charge is 1.86. The first kappa shape index (κ1) is 30.6. The summed E-state index contributed by atoms with van der Waals surface area (Å²) in [6.45, 7) is 0. The Balaban J connectivity index is 0.000000140. The second-order valence-corrected chi connectivity index (χ2v) is 9.13. The second-order valence-electron chi connectivity index (χ2n) is 9.13. The van der Waals surface area contributed by atoms with Crippen LogP contribution in [-0.2, 0) is 0 Å². The topological polar surface area (TPSA) is 0 Å². The molecule has 0 fully saturated rings. The molecule has 41 heavy (non-hydrogen) atoms. The Morgan fingerprint density at radius 3 is 0.512 bits per heavy atom. The third-order valence-electron chi connectivity index (χ3n) is 5.95. The lowest BCUT2D eigenvalue weighted by Gasteiger charge is -1.92. The van der Waals surface area contributed by atoms with Gasteiger partial charge in [-0.3, -0.25) is 0 Å². The molecular formula is C41H40. The number of hydrogen-bond acceptors (Lipinski definition) is 0. The first-order valence-corrected chi connectivity index (χ1v) is 14.3. The van der Waals surface area contributed by atoms with Gasteiger partial charge in [-0.15, -0.1) is 0 Å². The molecule has 3 aliphatic rings. The van der Waals surface area contributed by atoms with E-state index in [1.807, 2.05) is 36.4 Å². The molecule has 0 saturated heterocycles. The van der Waals surface area contributed by atoms with E-state index in [2.05, 4.69) is 170 Å². The van der Waals surface area contributed by atoms with E-state index >= 15 is 0 Å². The molecule has 0 heteroatoms. The van der Waals surface area contributed by atoms with Crippen LogP contribution in [0.15, 0.2) is 206 Å². The van der Waals surface area contributed by atoms with Crippen molar-refractivity contribution in [2.45, 2.75) is 19.3 Å². The number of rotatable bonds is 0. The largest absolute Gasteiger partial charge is 0.0808 e. The zero-order valence-corrected chi connectivity index (χ0v) is 23.8. The summed E-state index contributed by atoms with van der Waals surface area (Å²) in [6, 6.07) is 45.4. The summed E-state index contributed by atoms with van der Waals surface area (Å²) in [4.78, 5) is 0. The Bertz CT molecular complexity index is 1230. The summed E-state index contributed by atoms with van der Waals surface area (Å²) in [6.07, 6.45) is 28.5. The average Bonchev–Trinajstić information content (AvgIpc) is 3.90. The normalized spacial score (nSPS) is 12.5. The van der Waals surface area contributed by atoms with Crippen molar-refractivity contribution in [2.24, 2.45) is 0 Å². The van der Waals surface area contributed by atoms with Gasteiger partial charge in [-0.05, 0) is 40.8 Å². The van der Waals surface area contributed by atoms with Crippen molar-refractivity contribution in [1.29, 1.82) is 0 Å². The molecule has 3 aliphatic carbocycles. The van der Waals surface area contributed by atoms with Gasteiger partial charge >= 0.3 is 0 Å². The Kier molecular flexibility index (Phi) is 15.6. The van der Waals surface area contributed by atoms with Crippen LogP contribution in [0.5, 0.6) is 0 Å². The summed E-state index contributed by atoms with van der Waals surface area (Å²) in [5, 5.41) is 5.24. The number of benzene rings is 5. The summed E-state index contributed by atoms with van der Waals surface area (Å²) in [7, 11) is 0. The predicted octanol–water partition coefficient (Wildman–Crippen LogP) is 11.9. The molecule has 0 unspecified atom stereocenters. The number of hydrogen-bond donors (Lipinski definition) is 0. The highest BCUT2D eigenvalue weighted by atomic mass is 13.9. The third-order valence-corrected chi connectivity index (χ3v) is 5.95. The van der Waals surface area contributed by atoms with E-state index in [1.54, 1.807) is 0 Å². The minimum Gasteiger partial charge on any atom is -0.0808 e. The smallest absolute Gasteiger partial charge is 0.0163 e. The summed E-state index contributed by atoms with van der Waals surface area (Å²) < 4.78 is 0. The summed E-state index contributed by atoms with van der Waals surface area (Å²) in [5.74, 6) is 0. The number of allylic oxidation sites excluding steroid dienone is 12. The second kappa shape index (κ2) is 21.0. The van der Waals surface area contributed by atoms with Gasteiger partial charge in [0.2, 0.25) is 0 Å². The van der Waals surface area contributed by atoms with Gasteiger partial charge in [0.05, 0.1) is 0 Å². The summed E-state index contributed by atoms with van der Waals surface area (Å²) in [5.41, 5.74) is 0. The van der Waals surface area contributed by atoms with Gasteiger partial charge in [0.15, 0.2) is 0 Å². The molecule has 0 bridgehead atoms. The van der Waals surface area contributed by atoms with Gasteiger partial charge in [0.1, 0.15) is 0 Å². The van der Waals surface area contributed by atoms with Crippen LogP contribution in [0.2, 0.25) is 0 Å². The van der Waals surface area contributed by atoms with Gasteiger partial charge in [-0.2, -0.15) is 0 Å². The fraction of sp³-hybridized carbons (Fsp3) is 0.0732. The zero-order valence-electron chi connectivity index (χ0n) is 23.8. The van der Waals surface area contributed by atoms with Crippen LogP contribution in [0.25, 0.3) is 21.5 Å². The fourth-order valence-electron chi connectivity index (χ4n) is 3.83. The molecule has 0 radical (unpaired) electrons. The van der Waals surface area contributed by atoms with Crippen molar-refractivity contribution >= 4 is 21.5 Å². The lowest BCUT2D eigenvalue weighted by Crippen LogP contribution is -1.67. The van der Waals surface area contributed by atoms with Gasteiger partial charge in [0, 0.05) is 0 Å². The first-order chi connectivity index (χ1) is 20.4. The molecule has 0 nitrogen and oxygen atoms in total. The van der Waals surface area contributed by atoms with E-state index in [4.69, 9.17) is 0 Å². The molecule has 0 atom stereocenters. The van der Waals surface area contributed by atoms with Gasteiger partial charge in [-0.1, -0.05) is 206 Å². The molecule has 204 valence electrons. The fourth-order valence-corrected chi connectivity index (χ4v) is 3.83. The maximum absolute atomic E-state index is 2.12. The number of fused-ring (bicyclic) bond motifs is 2. The van der Waals surface area contributed by atoms with Crippen molar-refractivity contribution in [3.05, 3.63) is 206 Å². The standard InChI is InChI=1S/2C10H8.C6H6.3C5H6/c2*1-2-6-10-8-4-3-7-9(10)5-1;1-2-4-6-5-3-1;3*1-2-4-5-3-1/h2*1-8H;1-6H;3*1-4H,5H2. The third kappa shape index (κ3) is 14.1. The Hall–Kier alpha value is -4.94. The highest BCUT2D eigenvalue weighted by Crippen LogP contribution is 2.12. The van der Waals surface area contributed by atoms with E-state index in [1.165, 1.54) is 21.5 Å². The Labute approximate surface area is 246 Å². The van der Waals surface area contributed by atoms with Crippen LogP contribution in [0.1, 0.15) is 19.3 Å². The molecule has 0 amide bonds. The van der Waals surface area contributed by atoms with Gasteiger partial charge < -0.3 is 0 Å². The van der Waals surface area contributed by atoms with Crippen LogP contribution < -0.4 is 0 Å². The van der Waals surface area contributed by atoms with Crippen LogP contribution in [0.3, 0.4) is 0 Å². The average molecular weight is 533 g/mol. The predicted molar refractivity (Wildman–Crippen MR) is 183 cm³/mol. The van der Waals surface area contributed by atoms with Crippen molar-refractivity contribution in [2.75, 3.05) is 0 Å². The Morgan fingerprint density at radius 1 is 0.220 bits per heavy atom. The van der Waals surface area contributed by atoms with E-state index < -0.39 is 0 Å². The van der Waals surface area contributed by atoms with Gasteiger partial charge in [0.25, 0.3) is 0 Å². The molecule has 5 aromatic rings.